The molecule has 1 saturated heterocycles. The third-order valence-electron chi connectivity index (χ3n) is 6.26. The summed E-state index contributed by atoms with van der Waals surface area (Å²) in [6.07, 6.45) is -0.521. The molecule has 7 nitrogen and oxygen atoms in total. The molecule has 0 radical (unpaired) electrons. The molecular formula is C27H27F2N3O4. The van der Waals surface area contributed by atoms with Crippen molar-refractivity contribution in [1.29, 1.82) is 0 Å². The molecule has 1 unspecified atom stereocenters. The Morgan fingerprint density at radius 2 is 1.86 bits per heavy atom. The number of aryl methyl sites for hydroxylation is 1. The van der Waals surface area contributed by atoms with Gasteiger partial charge < -0.3 is 15.4 Å². The Balaban J connectivity index is 1.58. The predicted octanol–water partition coefficient (Wildman–Crippen LogP) is 4.59. The molecule has 4 rings (SSSR count). The Bertz CT molecular complexity index is 1320. The van der Waals surface area contributed by atoms with Crippen LogP contribution in [0.25, 0.3) is 11.1 Å². The van der Waals surface area contributed by atoms with E-state index in [4.69, 9.17) is 4.74 Å². The van der Waals surface area contributed by atoms with Crippen LogP contribution in [-0.4, -0.2) is 41.6 Å². The first-order valence-electron chi connectivity index (χ1n) is 11.5. The lowest BCUT2D eigenvalue weighted by Crippen LogP contribution is -2.48. The lowest BCUT2D eigenvalue weighted by atomic mass is 9.89. The number of cyclic esters (lactones) is 1. The van der Waals surface area contributed by atoms with Crippen LogP contribution in [-0.2, 0) is 9.53 Å². The normalized spacial score (nSPS) is 21.7. The second-order valence-electron chi connectivity index (χ2n) is 9.25. The van der Waals surface area contributed by atoms with Crippen LogP contribution in [0, 0.1) is 6.92 Å². The highest BCUT2D eigenvalue weighted by atomic mass is 19.1. The van der Waals surface area contributed by atoms with Crippen molar-refractivity contribution in [1.82, 2.24) is 10.2 Å². The summed E-state index contributed by atoms with van der Waals surface area (Å²) < 4.78 is 35.8. The maximum Gasteiger partial charge on any atom is 0.411 e. The molecule has 36 heavy (non-hydrogen) atoms. The smallest absolute Gasteiger partial charge is 0.411 e. The van der Waals surface area contributed by atoms with E-state index < -0.39 is 40.5 Å². The van der Waals surface area contributed by atoms with Crippen LogP contribution >= 0.6 is 0 Å². The van der Waals surface area contributed by atoms with E-state index in [0.717, 1.165) is 17.2 Å². The first kappa shape index (κ1) is 25.1. The number of ether oxygens (including phenoxy) is 1. The Morgan fingerprint density at radius 3 is 2.53 bits per heavy atom. The van der Waals surface area contributed by atoms with E-state index in [1.807, 2.05) is 31.2 Å². The van der Waals surface area contributed by atoms with Crippen LogP contribution in [0.2, 0.25) is 0 Å². The minimum absolute atomic E-state index is 0.0174. The molecule has 0 spiro atoms. The van der Waals surface area contributed by atoms with Gasteiger partial charge in [-0.05, 0) is 43.2 Å². The maximum absolute atomic E-state index is 15.3. The number of nitrogens with zero attached hydrogens (tertiary/aromatic N) is 1. The van der Waals surface area contributed by atoms with Crippen molar-refractivity contribution < 1.29 is 23.1 Å². The van der Waals surface area contributed by atoms with Crippen molar-refractivity contribution in [2.45, 2.75) is 38.8 Å². The fourth-order valence-corrected chi connectivity index (χ4v) is 4.29. The highest BCUT2D eigenvalue weighted by molar-refractivity contribution is 5.74. The first-order valence-corrected chi connectivity index (χ1v) is 11.5. The number of hydrogen-bond acceptors (Lipinski definition) is 5. The number of halogens is 2. The van der Waals surface area contributed by atoms with Crippen molar-refractivity contribution in [2.24, 2.45) is 0 Å². The number of hydrogen-bond donors (Lipinski definition) is 2. The average molecular weight is 496 g/mol. The Hall–Kier alpha value is -4.01. The maximum atomic E-state index is 15.3. The summed E-state index contributed by atoms with van der Waals surface area (Å²) in [5.74, 6) is -2.04. The molecule has 1 heterocycles. The quantitative estimate of drug-likeness (QED) is 0.612. The van der Waals surface area contributed by atoms with E-state index in [2.05, 4.69) is 10.6 Å². The van der Waals surface area contributed by atoms with Gasteiger partial charge in [-0.1, -0.05) is 42.0 Å². The van der Waals surface area contributed by atoms with E-state index in [1.165, 1.54) is 24.8 Å². The Morgan fingerprint density at radius 1 is 1.14 bits per heavy atom. The molecule has 9 heteroatoms. The molecule has 2 atom stereocenters. The summed E-state index contributed by atoms with van der Waals surface area (Å²) in [5, 5.41) is 5.21. The molecule has 2 amide bonds. The van der Waals surface area contributed by atoms with Gasteiger partial charge in [-0.15, -0.1) is 0 Å². The summed E-state index contributed by atoms with van der Waals surface area (Å²) in [7, 11) is 0. The van der Waals surface area contributed by atoms with Gasteiger partial charge in [0.1, 0.15) is 23.5 Å². The van der Waals surface area contributed by atoms with Crippen molar-refractivity contribution in [3.8, 4) is 11.1 Å². The summed E-state index contributed by atoms with van der Waals surface area (Å²) in [6, 6.07) is 13.9. The van der Waals surface area contributed by atoms with Gasteiger partial charge in [-0.2, -0.15) is 0 Å². The molecule has 1 aliphatic heterocycles. The van der Waals surface area contributed by atoms with Crippen LogP contribution in [0.15, 0.2) is 76.8 Å². The van der Waals surface area contributed by atoms with Crippen LogP contribution in [0.1, 0.15) is 25.8 Å². The van der Waals surface area contributed by atoms with Crippen molar-refractivity contribution >= 4 is 17.7 Å². The SMILES string of the molecule is CC(=O)NC[C@H]1CN(C2(C)C=C(F)C(Nc3cc(-c4ccc(C)cc4)cccc3=O)=C(F)C2)C(=O)O1. The number of allylic oxidation sites excluding steroid dienone is 1. The molecule has 2 aliphatic rings. The molecule has 0 aromatic heterocycles. The van der Waals surface area contributed by atoms with Gasteiger partial charge in [-0.25, -0.2) is 13.6 Å². The van der Waals surface area contributed by atoms with Crippen molar-refractivity contribution in [3.63, 3.8) is 0 Å². The monoisotopic (exact) mass is 495 g/mol. The third-order valence-corrected chi connectivity index (χ3v) is 6.26. The molecule has 0 bridgehead atoms. The van der Waals surface area contributed by atoms with Crippen molar-refractivity contribution in [3.05, 3.63) is 87.7 Å². The number of carbonyl (C=O) groups excluding carboxylic acids is 2. The van der Waals surface area contributed by atoms with Crippen LogP contribution in [0.3, 0.4) is 0 Å². The van der Waals surface area contributed by atoms with Gasteiger partial charge in [0, 0.05) is 13.3 Å². The van der Waals surface area contributed by atoms with Crippen LogP contribution in [0.4, 0.5) is 19.3 Å². The lowest BCUT2D eigenvalue weighted by Gasteiger charge is -2.36. The number of carbonyl (C=O) groups is 2. The van der Waals surface area contributed by atoms with E-state index in [9.17, 15) is 14.4 Å². The molecular weight excluding hydrogens is 468 g/mol. The number of rotatable bonds is 6. The summed E-state index contributed by atoms with van der Waals surface area (Å²) in [4.78, 5) is 37.4. The fourth-order valence-electron chi connectivity index (χ4n) is 4.29. The van der Waals surface area contributed by atoms with Crippen LogP contribution in [0.5, 0.6) is 0 Å². The van der Waals surface area contributed by atoms with Crippen molar-refractivity contribution in [2.75, 3.05) is 18.4 Å². The zero-order valence-corrected chi connectivity index (χ0v) is 20.2. The molecule has 0 saturated carbocycles. The second-order valence-corrected chi connectivity index (χ2v) is 9.25. The summed E-state index contributed by atoms with van der Waals surface area (Å²) in [5.41, 5.74) is 0.444. The topological polar surface area (TPSA) is 87.7 Å². The number of benzene rings is 1. The van der Waals surface area contributed by atoms with Gasteiger partial charge in [-0.3, -0.25) is 14.5 Å². The zero-order chi connectivity index (χ0) is 26.0. The van der Waals surface area contributed by atoms with Gasteiger partial charge in [0.15, 0.2) is 0 Å². The second kappa shape index (κ2) is 9.93. The minimum atomic E-state index is -1.32. The Kier molecular flexibility index (Phi) is 6.92. The number of amides is 2. The van der Waals surface area contributed by atoms with E-state index in [1.54, 1.807) is 18.2 Å². The lowest BCUT2D eigenvalue weighted by molar-refractivity contribution is -0.119. The first-order chi connectivity index (χ1) is 17.1. The summed E-state index contributed by atoms with van der Waals surface area (Å²) >= 11 is 0. The molecule has 1 aliphatic carbocycles. The zero-order valence-electron chi connectivity index (χ0n) is 20.2. The van der Waals surface area contributed by atoms with E-state index in [0.29, 0.717) is 5.56 Å². The van der Waals surface area contributed by atoms with E-state index in [-0.39, 0.29) is 31.1 Å². The largest absolute Gasteiger partial charge is 0.442 e. The standard InChI is InChI=1S/C27H27F2N3O4/c1-16-7-9-18(10-8-16)19-5-4-6-24(34)23(11-19)31-25-21(28)12-27(3,13-22(25)29)32-15-20(36-26(32)35)14-30-17(2)33/h4-12,20H,13-15H2,1-3H3,(H,30,33)(H,31,34)/t20-,27?/m0/s1. The van der Waals surface area contributed by atoms with E-state index >= 15 is 8.78 Å². The molecule has 188 valence electrons. The molecule has 1 fully saturated rings. The third kappa shape index (κ3) is 5.30. The predicted molar refractivity (Wildman–Crippen MR) is 133 cm³/mol. The fraction of sp³-hybridized carbons (Fsp3) is 0.296. The number of nitrogens with one attached hydrogen (secondary N) is 2. The molecule has 2 aromatic rings. The van der Waals surface area contributed by atoms with Gasteiger partial charge in [0.2, 0.25) is 11.3 Å². The average Bonchev–Trinajstić information content (AvgIpc) is 3.10. The van der Waals surface area contributed by atoms with Gasteiger partial charge in [0.25, 0.3) is 0 Å². The molecule has 2 aromatic carbocycles. The van der Waals surface area contributed by atoms with Gasteiger partial charge >= 0.3 is 6.09 Å². The highest BCUT2D eigenvalue weighted by Crippen LogP contribution is 2.39. The van der Waals surface area contributed by atoms with Crippen LogP contribution < -0.4 is 16.1 Å². The van der Waals surface area contributed by atoms with Gasteiger partial charge in [0.05, 0.1) is 24.3 Å². The molecule has 2 N–H and O–H groups in total. The minimum Gasteiger partial charge on any atom is -0.442 e. The highest BCUT2D eigenvalue weighted by Gasteiger charge is 2.45. The number of anilines is 1. The Labute approximate surface area is 207 Å². The summed E-state index contributed by atoms with van der Waals surface area (Å²) in [6.45, 7) is 5.00.